The number of benzene rings is 1. The summed E-state index contributed by atoms with van der Waals surface area (Å²) in [7, 11) is 0. The van der Waals surface area contributed by atoms with Crippen LogP contribution in [0, 0.1) is 0 Å². The molecule has 1 heterocycles. The minimum absolute atomic E-state index is 0. The van der Waals surface area contributed by atoms with Gasteiger partial charge in [0.05, 0.1) is 0 Å². The van der Waals surface area contributed by atoms with Gasteiger partial charge < -0.3 is 10.1 Å². The van der Waals surface area contributed by atoms with E-state index in [0.29, 0.717) is 0 Å². The molecule has 0 aliphatic carbocycles. The zero-order chi connectivity index (χ0) is 15.5. The van der Waals surface area contributed by atoms with E-state index in [4.69, 9.17) is 0 Å². The third-order valence-electron chi connectivity index (χ3n) is 3.55. The lowest BCUT2D eigenvalue weighted by Gasteiger charge is -2.33. The van der Waals surface area contributed by atoms with Crippen molar-refractivity contribution in [3.8, 4) is 5.75 Å². The number of nitrogens with one attached hydrogen (secondary N) is 1. The normalized spacial score (nSPS) is 17.1. The Labute approximate surface area is 145 Å². The Bertz CT molecular complexity index is 474. The fraction of sp³-hybridized carbons (Fsp3) is 0.571. The molecule has 0 aromatic heterocycles. The van der Waals surface area contributed by atoms with Gasteiger partial charge in [-0.25, -0.2) is 0 Å². The van der Waals surface area contributed by atoms with Crippen LogP contribution in [0.5, 0.6) is 5.75 Å². The fourth-order valence-electron chi connectivity index (χ4n) is 2.32. The Hall–Kier alpha value is -0.760. The third-order valence-corrected chi connectivity index (χ3v) is 3.55. The number of hydrogen-bond acceptors (Lipinski definition) is 3. The van der Waals surface area contributed by atoms with E-state index in [0.717, 1.165) is 31.7 Å². The van der Waals surface area contributed by atoms with E-state index in [1.807, 2.05) is 6.92 Å². The van der Waals surface area contributed by atoms with Gasteiger partial charge in [0, 0.05) is 32.2 Å². The Kier molecular flexibility index (Phi) is 9.20. The van der Waals surface area contributed by atoms with Gasteiger partial charge >= 0.3 is 12.5 Å². The van der Waals surface area contributed by atoms with Gasteiger partial charge in [0.25, 0.3) is 0 Å². The van der Waals surface area contributed by atoms with E-state index >= 15 is 0 Å². The maximum Gasteiger partial charge on any atom is 0.461 e. The van der Waals surface area contributed by atoms with Gasteiger partial charge in [-0.3, -0.25) is 4.90 Å². The molecular weight excluding hydrogens is 359 g/mol. The first-order valence-corrected chi connectivity index (χ1v) is 6.80. The van der Waals surface area contributed by atoms with Crippen molar-refractivity contribution in [2.75, 3.05) is 26.2 Å². The summed E-state index contributed by atoms with van der Waals surface area (Å²) in [6.07, 6.45) is -8.33. The number of nitrogens with zero attached hydrogens (tertiary/aromatic N) is 1. The quantitative estimate of drug-likeness (QED) is 0.790. The zero-order valence-corrected chi connectivity index (χ0v) is 14.1. The van der Waals surface area contributed by atoms with Crippen LogP contribution in [0.2, 0.25) is 0 Å². The second-order valence-electron chi connectivity index (χ2n) is 5.00. The molecule has 1 aliphatic rings. The number of halogens is 6. The third kappa shape index (κ3) is 5.99. The van der Waals surface area contributed by atoms with Gasteiger partial charge in [-0.15, -0.1) is 24.8 Å². The molecular formula is C14H20Cl2F4N2O. The monoisotopic (exact) mass is 378 g/mol. The highest BCUT2D eigenvalue weighted by Crippen LogP contribution is 2.30. The molecule has 0 bridgehead atoms. The molecule has 0 unspecified atom stereocenters. The standard InChI is InChI=1S/C14H18F4N2O.2ClH/c1-10(20-7-5-19-6-8-20)11-3-2-4-12(9-11)21-14(17,18)13(15)16;;/h2-4,9-10,13,19H,5-8H2,1H3;2*1H/t10-;;/m1../s1. The van der Waals surface area contributed by atoms with Gasteiger partial charge in [0.15, 0.2) is 0 Å². The van der Waals surface area contributed by atoms with Crippen molar-refractivity contribution >= 4 is 24.8 Å². The van der Waals surface area contributed by atoms with Crippen LogP contribution < -0.4 is 10.1 Å². The highest BCUT2D eigenvalue weighted by molar-refractivity contribution is 5.85. The first-order chi connectivity index (χ1) is 9.90. The number of hydrogen-bond donors (Lipinski definition) is 1. The van der Waals surface area contributed by atoms with Crippen LogP contribution in [0.1, 0.15) is 18.5 Å². The summed E-state index contributed by atoms with van der Waals surface area (Å²) in [5.74, 6) is -0.250. The van der Waals surface area contributed by atoms with Gasteiger partial charge in [0.1, 0.15) is 5.75 Å². The van der Waals surface area contributed by atoms with Crippen molar-refractivity contribution in [3.05, 3.63) is 29.8 Å². The van der Waals surface area contributed by atoms with Crippen LogP contribution in [0.25, 0.3) is 0 Å². The van der Waals surface area contributed by atoms with Crippen LogP contribution in [0.3, 0.4) is 0 Å². The summed E-state index contributed by atoms with van der Waals surface area (Å²) in [6.45, 7) is 5.38. The van der Waals surface area contributed by atoms with Gasteiger partial charge in [-0.2, -0.15) is 17.6 Å². The topological polar surface area (TPSA) is 24.5 Å². The molecule has 0 saturated carbocycles. The van der Waals surface area contributed by atoms with E-state index in [1.54, 1.807) is 6.07 Å². The van der Waals surface area contributed by atoms with Crippen LogP contribution in [-0.2, 0) is 0 Å². The Morgan fingerprint density at radius 3 is 2.35 bits per heavy atom. The molecule has 0 radical (unpaired) electrons. The summed E-state index contributed by atoms with van der Waals surface area (Å²) in [6, 6.07) is 5.97. The molecule has 1 aromatic rings. The lowest BCUT2D eigenvalue weighted by molar-refractivity contribution is -0.253. The first kappa shape index (κ1) is 22.2. The summed E-state index contributed by atoms with van der Waals surface area (Å²) in [4.78, 5) is 2.20. The van der Waals surface area contributed by atoms with E-state index in [2.05, 4.69) is 15.0 Å². The molecule has 134 valence electrons. The molecule has 0 spiro atoms. The molecule has 0 amide bonds. The largest absolute Gasteiger partial charge is 0.461 e. The van der Waals surface area contributed by atoms with E-state index in [1.165, 1.54) is 18.2 Å². The van der Waals surface area contributed by atoms with Gasteiger partial charge in [0.2, 0.25) is 0 Å². The van der Waals surface area contributed by atoms with Crippen LogP contribution in [0.15, 0.2) is 24.3 Å². The van der Waals surface area contributed by atoms with Gasteiger partial charge in [-0.1, -0.05) is 12.1 Å². The Morgan fingerprint density at radius 2 is 1.78 bits per heavy atom. The van der Waals surface area contributed by atoms with Crippen molar-refractivity contribution in [2.24, 2.45) is 0 Å². The number of piperazine rings is 1. The highest BCUT2D eigenvalue weighted by Gasteiger charge is 2.44. The lowest BCUT2D eigenvalue weighted by Crippen LogP contribution is -2.44. The second kappa shape index (κ2) is 9.52. The molecule has 1 fully saturated rings. The second-order valence-corrected chi connectivity index (χ2v) is 5.00. The molecule has 1 aromatic carbocycles. The summed E-state index contributed by atoms with van der Waals surface area (Å²) in [5.41, 5.74) is 0.763. The molecule has 2 rings (SSSR count). The predicted octanol–water partition coefficient (Wildman–Crippen LogP) is 3.73. The maximum absolute atomic E-state index is 12.9. The fourth-order valence-corrected chi connectivity index (χ4v) is 2.32. The average molecular weight is 379 g/mol. The van der Waals surface area contributed by atoms with E-state index in [-0.39, 0.29) is 36.6 Å². The number of ether oxygens (including phenoxy) is 1. The van der Waals surface area contributed by atoms with Crippen molar-refractivity contribution in [1.29, 1.82) is 0 Å². The molecule has 1 saturated heterocycles. The summed E-state index contributed by atoms with van der Waals surface area (Å²) < 4.78 is 54.3. The minimum atomic E-state index is -4.48. The van der Waals surface area contributed by atoms with E-state index in [9.17, 15) is 17.6 Å². The predicted molar refractivity (Wildman–Crippen MR) is 85.4 cm³/mol. The SMILES string of the molecule is C[C@H](c1cccc(OC(F)(F)C(F)F)c1)N1CCNCC1.Cl.Cl. The van der Waals surface area contributed by atoms with E-state index < -0.39 is 12.5 Å². The number of rotatable bonds is 5. The van der Waals surface area contributed by atoms with Crippen molar-refractivity contribution < 1.29 is 22.3 Å². The highest BCUT2D eigenvalue weighted by atomic mass is 35.5. The summed E-state index contributed by atoms with van der Waals surface area (Å²) in [5, 5.41) is 3.23. The first-order valence-electron chi connectivity index (χ1n) is 6.80. The summed E-state index contributed by atoms with van der Waals surface area (Å²) >= 11 is 0. The van der Waals surface area contributed by atoms with Crippen LogP contribution in [-0.4, -0.2) is 43.6 Å². The minimum Gasteiger partial charge on any atom is -0.428 e. The molecule has 9 heteroatoms. The van der Waals surface area contributed by atoms with Crippen molar-refractivity contribution in [2.45, 2.75) is 25.5 Å². The Balaban J connectivity index is 0.00000242. The average Bonchev–Trinajstić information content (AvgIpc) is 2.47. The number of alkyl halides is 4. The van der Waals surface area contributed by atoms with Crippen LogP contribution >= 0.6 is 24.8 Å². The molecule has 1 aliphatic heterocycles. The Morgan fingerprint density at radius 1 is 1.17 bits per heavy atom. The zero-order valence-electron chi connectivity index (χ0n) is 12.5. The maximum atomic E-state index is 12.9. The van der Waals surface area contributed by atoms with Crippen molar-refractivity contribution in [3.63, 3.8) is 0 Å². The lowest BCUT2D eigenvalue weighted by atomic mass is 10.1. The molecule has 3 nitrogen and oxygen atoms in total. The van der Waals surface area contributed by atoms with Crippen LogP contribution in [0.4, 0.5) is 17.6 Å². The smallest absolute Gasteiger partial charge is 0.428 e. The molecule has 1 N–H and O–H groups in total. The molecule has 23 heavy (non-hydrogen) atoms. The molecule has 1 atom stereocenters. The van der Waals surface area contributed by atoms with Gasteiger partial charge in [-0.05, 0) is 24.6 Å². The van der Waals surface area contributed by atoms with Crippen molar-refractivity contribution in [1.82, 2.24) is 10.2 Å².